The van der Waals surface area contributed by atoms with Crippen molar-refractivity contribution in [3.8, 4) is 5.75 Å². The van der Waals surface area contributed by atoms with Crippen LogP contribution >= 0.6 is 0 Å². The van der Waals surface area contributed by atoms with Crippen LogP contribution in [0.4, 0.5) is 0 Å². The third-order valence-electron chi connectivity index (χ3n) is 3.42. The third kappa shape index (κ3) is 3.25. The van der Waals surface area contributed by atoms with Gasteiger partial charge in [-0.15, -0.1) is 0 Å². The molecule has 1 N–H and O–H groups in total. The Labute approximate surface area is 109 Å². The molecule has 1 rings (SSSR count). The van der Waals surface area contributed by atoms with Crippen molar-refractivity contribution >= 4 is 5.97 Å². The van der Waals surface area contributed by atoms with Crippen LogP contribution in [-0.2, 0) is 4.74 Å². The van der Waals surface area contributed by atoms with E-state index in [9.17, 15) is 9.90 Å². The molecule has 1 aromatic carbocycles. The van der Waals surface area contributed by atoms with E-state index in [-0.39, 0.29) is 17.2 Å². The highest BCUT2D eigenvalue weighted by Crippen LogP contribution is 2.29. The van der Waals surface area contributed by atoms with E-state index in [0.29, 0.717) is 0 Å². The predicted octanol–water partition coefficient (Wildman–Crippen LogP) is 3.76. The molecule has 0 heterocycles. The number of hydrogen-bond acceptors (Lipinski definition) is 3. The lowest BCUT2D eigenvalue weighted by Crippen LogP contribution is -2.37. The summed E-state index contributed by atoms with van der Waals surface area (Å²) in [7, 11) is 0. The van der Waals surface area contributed by atoms with Gasteiger partial charge < -0.3 is 9.84 Å². The second-order valence-corrected chi connectivity index (χ2v) is 5.12. The van der Waals surface area contributed by atoms with Crippen molar-refractivity contribution in [1.29, 1.82) is 0 Å². The maximum Gasteiger partial charge on any atom is 0.342 e. The first kappa shape index (κ1) is 14.6. The summed E-state index contributed by atoms with van der Waals surface area (Å²) in [4.78, 5) is 12.1. The van der Waals surface area contributed by atoms with Gasteiger partial charge in [-0.2, -0.15) is 0 Å². The summed E-state index contributed by atoms with van der Waals surface area (Å²) in [6.45, 7) is 8.08. The number of phenolic OH excluding ortho intramolecular Hbond substituents is 1. The molecule has 100 valence electrons. The van der Waals surface area contributed by atoms with Gasteiger partial charge in [-0.05, 0) is 31.4 Å². The summed E-state index contributed by atoms with van der Waals surface area (Å²) in [5.74, 6) is -0.268. The molecule has 0 fully saturated rings. The van der Waals surface area contributed by atoms with Crippen LogP contribution in [0.3, 0.4) is 0 Å². The topological polar surface area (TPSA) is 46.5 Å². The van der Waals surface area contributed by atoms with Gasteiger partial charge in [0.2, 0.25) is 0 Å². The van der Waals surface area contributed by atoms with E-state index in [1.54, 1.807) is 18.2 Å². The Bertz CT molecular complexity index is 412. The number of hydrogen-bond donors (Lipinski definition) is 1. The van der Waals surface area contributed by atoms with Crippen LogP contribution in [0.5, 0.6) is 5.75 Å². The number of benzene rings is 1. The maximum atomic E-state index is 12.1. The molecule has 1 atom stereocenters. The predicted molar refractivity (Wildman–Crippen MR) is 71.7 cm³/mol. The molecule has 0 saturated carbocycles. The molecule has 0 aliphatic rings. The number of ether oxygens (including phenoxy) is 1. The van der Waals surface area contributed by atoms with E-state index >= 15 is 0 Å². The summed E-state index contributed by atoms with van der Waals surface area (Å²) >= 11 is 0. The van der Waals surface area contributed by atoms with Gasteiger partial charge in [0, 0.05) is 0 Å². The Kier molecular flexibility index (Phi) is 4.76. The molecule has 0 aliphatic heterocycles. The molecule has 18 heavy (non-hydrogen) atoms. The summed E-state index contributed by atoms with van der Waals surface area (Å²) in [5.41, 5.74) is -0.269. The van der Waals surface area contributed by atoms with Gasteiger partial charge in [-0.3, -0.25) is 0 Å². The van der Waals surface area contributed by atoms with Gasteiger partial charge in [-0.25, -0.2) is 4.79 Å². The highest BCUT2D eigenvalue weighted by Gasteiger charge is 2.32. The van der Waals surface area contributed by atoms with E-state index in [1.807, 2.05) is 20.8 Å². The summed E-state index contributed by atoms with van der Waals surface area (Å²) < 4.78 is 5.61. The molecule has 0 spiro atoms. The Hall–Kier alpha value is -1.51. The van der Waals surface area contributed by atoms with Gasteiger partial charge in [-0.1, -0.05) is 39.3 Å². The van der Waals surface area contributed by atoms with Crippen LogP contribution in [-0.4, -0.2) is 16.7 Å². The molecular formula is C15H22O3. The highest BCUT2D eigenvalue weighted by atomic mass is 16.6. The zero-order chi connectivity index (χ0) is 13.8. The van der Waals surface area contributed by atoms with Crippen molar-refractivity contribution in [2.24, 2.45) is 5.92 Å². The van der Waals surface area contributed by atoms with Crippen LogP contribution in [0, 0.1) is 5.92 Å². The largest absolute Gasteiger partial charge is 0.507 e. The van der Waals surface area contributed by atoms with Crippen LogP contribution in [0.2, 0.25) is 0 Å². The summed E-state index contributed by atoms with van der Waals surface area (Å²) in [5, 5.41) is 9.65. The fraction of sp³-hybridized carbons (Fsp3) is 0.533. The molecule has 3 nitrogen and oxygen atoms in total. The smallest absolute Gasteiger partial charge is 0.342 e. The first-order chi connectivity index (χ1) is 8.40. The standard InChI is InChI=1S/C15H22O3/c1-5-10-15(4,11(2)3)18-14(17)12-8-6-7-9-13(12)16/h6-9,11,16H,5,10H2,1-4H3. The van der Waals surface area contributed by atoms with Gasteiger partial charge in [0.25, 0.3) is 0 Å². The van der Waals surface area contributed by atoms with Crippen molar-refractivity contribution in [2.75, 3.05) is 0 Å². The number of para-hydroxylation sites is 1. The molecule has 0 amide bonds. The number of rotatable bonds is 5. The van der Waals surface area contributed by atoms with Crippen molar-refractivity contribution in [1.82, 2.24) is 0 Å². The van der Waals surface area contributed by atoms with E-state index in [1.165, 1.54) is 6.07 Å². The van der Waals surface area contributed by atoms with Crippen molar-refractivity contribution in [2.45, 2.75) is 46.1 Å². The lowest BCUT2D eigenvalue weighted by atomic mass is 9.87. The van der Waals surface area contributed by atoms with Crippen LogP contribution < -0.4 is 0 Å². The van der Waals surface area contributed by atoms with Crippen molar-refractivity contribution in [3.05, 3.63) is 29.8 Å². The molecule has 3 heteroatoms. The first-order valence-corrected chi connectivity index (χ1v) is 6.42. The first-order valence-electron chi connectivity index (χ1n) is 6.42. The Morgan fingerprint density at radius 2 is 2.00 bits per heavy atom. The Balaban J connectivity index is 2.89. The minimum atomic E-state index is -0.492. The van der Waals surface area contributed by atoms with Crippen molar-refractivity contribution in [3.63, 3.8) is 0 Å². The molecule has 0 saturated heterocycles. The number of phenols is 1. The fourth-order valence-electron chi connectivity index (χ4n) is 1.87. The number of esters is 1. The monoisotopic (exact) mass is 250 g/mol. The Morgan fingerprint density at radius 3 is 2.50 bits per heavy atom. The normalized spacial score (nSPS) is 14.3. The van der Waals surface area contributed by atoms with Gasteiger partial charge in [0.1, 0.15) is 16.9 Å². The van der Waals surface area contributed by atoms with Crippen LogP contribution in [0.25, 0.3) is 0 Å². The van der Waals surface area contributed by atoms with Crippen LogP contribution in [0.1, 0.15) is 50.9 Å². The molecular weight excluding hydrogens is 228 g/mol. The van der Waals surface area contributed by atoms with E-state index in [0.717, 1.165) is 12.8 Å². The molecule has 0 aromatic heterocycles. The van der Waals surface area contributed by atoms with Gasteiger partial charge in [0.05, 0.1) is 0 Å². The van der Waals surface area contributed by atoms with Crippen molar-refractivity contribution < 1.29 is 14.6 Å². The SMILES string of the molecule is CCCC(C)(OC(=O)c1ccccc1O)C(C)C. The fourth-order valence-corrected chi connectivity index (χ4v) is 1.87. The minimum absolute atomic E-state index is 0.0369. The second-order valence-electron chi connectivity index (χ2n) is 5.12. The van der Waals surface area contributed by atoms with Crippen LogP contribution in [0.15, 0.2) is 24.3 Å². The lowest BCUT2D eigenvalue weighted by molar-refractivity contribution is -0.0379. The highest BCUT2D eigenvalue weighted by molar-refractivity contribution is 5.92. The average molecular weight is 250 g/mol. The maximum absolute atomic E-state index is 12.1. The molecule has 1 aromatic rings. The van der Waals surface area contributed by atoms with E-state index in [4.69, 9.17) is 4.74 Å². The number of carbonyl (C=O) groups excluding carboxylic acids is 1. The zero-order valence-electron chi connectivity index (χ0n) is 11.6. The third-order valence-corrected chi connectivity index (χ3v) is 3.42. The van der Waals surface area contributed by atoms with E-state index < -0.39 is 11.6 Å². The van der Waals surface area contributed by atoms with Gasteiger partial charge >= 0.3 is 5.97 Å². The summed E-state index contributed by atoms with van der Waals surface area (Å²) in [6.07, 6.45) is 1.76. The van der Waals surface area contributed by atoms with Gasteiger partial charge in [0.15, 0.2) is 0 Å². The zero-order valence-corrected chi connectivity index (χ0v) is 11.6. The average Bonchev–Trinajstić information content (AvgIpc) is 2.29. The Morgan fingerprint density at radius 1 is 1.39 bits per heavy atom. The molecule has 1 unspecified atom stereocenters. The number of carbonyl (C=O) groups is 1. The van der Waals surface area contributed by atoms with E-state index in [2.05, 4.69) is 6.92 Å². The quantitative estimate of drug-likeness (QED) is 0.809. The molecule has 0 radical (unpaired) electrons. The molecule has 0 bridgehead atoms. The minimum Gasteiger partial charge on any atom is -0.507 e. The lowest BCUT2D eigenvalue weighted by Gasteiger charge is -2.33. The number of aromatic hydroxyl groups is 1. The molecule has 0 aliphatic carbocycles. The second kappa shape index (κ2) is 5.89. The summed E-state index contributed by atoms with van der Waals surface area (Å²) in [6, 6.07) is 6.45.